The number of imidazole rings is 1. The molecule has 1 fully saturated rings. The predicted octanol–water partition coefficient (Wildman–Crippen LogP) is -1.61. The number of fused-ring (bicyclic) bond motifs is 1. The van der Waals surface area contributed by atoms with E-state index in [4.69, 9.17) is 20.3 Å². The molecular formula is C12H19FN5O14P3. The molecule has 2 unspecified atom stereocenters. The highest BCUT2D eigenvalue weighted by atomic mass is 31.3. The third kappa shape index (κ3) is 5.70. The van der Waals surface area contributed by atoms with Crippen molar-refractivity contribution in [1.82, 2.24) is 19.5 Å². The molecule has 35 heavy (non-hydrogen) atoms. The van der Waals surface area contributed by atoms with Crippen LogP contribution in [-0.2, 0) is 31.6 Å². The number of aromatic amines is 1. The van der Waals surface area contributed by atoms with Gasteiger partial charge in [-0.3, -0.25) is 18.9 Å². The zero-order chi connectivity index (χ0) is 26.6. The average molecular weight is 569 g/mol. The molecule has 198 valence electrons. The van der Waals surface area contributed by atoms with E-state index in [1.165, 1.54) is 0 Å². The normalized spacial score (nSPS) is 30.9. The lowest BCUT2D eigenvalue weighted by atomic mass is 9.88. The summed E-state index contributed by atoms with van der Waals surface area (Å²) in [5.74, 6) is -0.355. The van der Waals surface area contributed by atoms with E-state index in [1.54, 1.807) is 0 Å². The number of rotatable bonds is 9. The van der Waals surface area contributed by atoms with Crippen molar-refractivity contribution >= 4 is 40.6 Å². The van der Waals surface area contributed by atoms with Gasteiger partial charge in [-0.1, -0.05) is 0 Å². The largest absolute Gasteiger partial charge is 0.490 e. The number of aliphatic hydroxyl groups is 2. The van der Waals surface area contributed by atoms with E-state index in [0.29, 0.717) is 0 Å². The second-order valence-corrected chi connectivity index (χ2v) is 11.9. The lowest BCUT2D eigenvalue weighted by molar-refractivity contribution is -0.135. The number of aliphatic hydroxyl groups excluding tert-OH is 1. The number of aromatic nitrogens is 4. The van der Waals surface area contributed by atoms with Crippen LogP contribution in [0.1, 0.15) is 13.2 Å². The van der Waals surface area contributed by atoms with Gasteiger partial charge in [-0.05, 0) is 6.92 Å². The third-order valence-corrected chi connectivity index (χ3v) is 8.50. The maximum absolute atomic E-state index is 14.1. The molecule has 0 aliphatic carbocycles. The zero-order valence-corrected chi connectivity index (χ0v) is 19.9. The standard InChI is InChI=1S/C12H19FN5O14P3/c1-11(21)8(20)12(2-13,3-29-34(25,26)32-35(27,28)31-33(22,23)24)30-9(11)18-4-15-5-6(18)16-10(14)17-7(5)19/h4,8-9,20-21H,2-3H2,1H3,(H,25,26)(H,27,28)(H2,22,23,24)(H3,14,16,17,19)/t8-,9+,11+,12+/m0/s1. The van der Waals surface area contributed by atoms with Crippen molar-refractivity contribution < 1.29 is 65.8 Å². The fourth-order valence-corrected chi connectivity index (χ4v) is 6.35. The van der Waals surface area contributed by atoms with Crippen molar-refractivity contribution in [3.63, 3.8) is 0 Å². The van der Waals surface area contributed by atoms with Crippen LogP contribution < -0.4 is 11.3 Å². The summed E-state index contributed by atoms with van der Waals surface area (Å²) in [7, 11) is -17.2. The minimum atomic E-state index is -5.87. The Hall–Kier alpha value is -1.63. The molecule has 6 atom stereocenters. The van der Waals surface area contributed by atoms with E-state index in [9.17, 15) is 42.9 Å². The summed E-state index contributed by atoms with van der Waals surface area (Å²) in [5.41, 5.74) is -0.797. The summed E-state index contributed by atoms with van der Waals surface area (Å²) in [6, 6.07) is 0. The number of phosphoric acid groups is 3. The zero-order valence-electron chi connectivity index (χ0n) is 17.2. The second-order valence-electron chi connectivity index (χ2n) is 7.44. The number of alkyl halides is 1. The van der Waals surface area contributed by atoms with Crippen LogP contribution in [0.3, 0.4) is 0 Å². The molecule has 2 aromatic heterocycles. The topological polar surface area (TPSA) is 299 Å². The van der Waals surface area contributed by atoms with Crippen LogP contribution in [0.5, 0.6) is 0 Å². The van der Waals surface area contributed by atoms with E-state index in [2.05, 4.69) is 28.1 Å². The molecule has 3 heterocycles. The molecule has 1 saturated heterocycles. The molecule has 0 bridgehead atoms. The van der Waals surface area contributed by atoms with Crippen molar-refractivity contribution in [3.8, 4) is 0 Å². The van der Waals surface area contributed by atoms with Gasteiger partial charge in [0.1, 0.15) is 18.4 Å². The fraction of sp³-hybridized carbons (Fsp3) is 0.583. The molecule has 0 spiro atoms. The number of hydrogen-bond acceptors (Lipinski definition) is 13. The Balaban J connectivity index is 1.89. The SMILES string of the molecule is C[C@@]1(O)[C@H](O)[C@@](CF)(COP(=O)(O)OP(=O)(O)OP(=O)(O)O)O[C@H]1n1cnc2c(=O)[nH]c(N)nc21. The van der Waals surface area contributed by atoms with Gasteiger partial charge in [-0.25, -0.2) is 23.1 Å². The van der Waals surface area contributed by atoms with Crippen molar-refractivity contribution in [2.75, 3.05) is 19.0 Å². The Labute approximate surface area is 192 Å². The molecule has 1 aliphatic heterocycles. The van der Waals surface area contributed by atoms with E-state index in [-0.39, 0.29) is 17.1 Å². The number of anilines is 1. The summed E-state index contributed by atoms with van der Waals surface area (Å²) >= 11 is 0. The average Bonchev–Trinajstić information content (AvgIpc) is 3.16. The minimum absolute atomic E-state index is 0.244. The van der Waals surface area contributed by atoms with Crippen molar-refractivity contribution in [2.45, 2.75) is 30.5 Å². The maximum Gasteiger partial charge on any atom is 0.490 e. The van der Waals surface area contributed by atoms with Crippen molar-refractivity contribution in [3.05, 3.63) is 16.7 Å². The highest BCUT2D eigenvalue weighted by Gasteiger charge is 2.63. The first-order chi connectivity index (χ1) is 15.8. The van der Waals surface area contributed by atoms with Crippen molar-refractivity contribution in [2.24, 2.45) is 0 Å². The Morgan fingerprint density at radius 3 is 2.46 bits per heavy atom. The van der Waals surface area contributed by atoms with Gasteiger partial charge in [0.25, 0.3) is 5.56 Å². The molecule has 2 aromatic rings. The molecule has 9 N–H and O–H groups in total. The Kier molecular flexibility index (Phi) is 7.22. The maximum atomic E-state index is 14.1. The fourth-order valence-electron chi connectivity index (χ4n) is 3.28. The second kappa shape index (κ2) is 9.04. The number of hydrogen-bond donors (Lipinski definition) is 8. The summed E-state index contributed by atoms with van der Waals surface area (Å²) < 4.78 is 66.1. The van der Waals surface area contributed by atoms with E-state index in [0.717, 1.165) is 17.8 Å². The Morgan fingerprint density at radius 2 is 1.89 bits per heavy atom. The molecule has 0 saturated carbocycles. The molecular weight excluding hydrogens is 550 g/mol. The number of phosphoric ester groups is 1. The number of ether oxygens (including phenoxy) is 1. The van der Waals surface area contributed by atoms with Crippen LogP contribution in [0.4, 0.5) is 10.3 Å². The first-order valence-electron chi connectivity index (χ1n) is 8.97. The summed E-state index contributed by atoms with van der Waals surface area (Å²) in [4.78, 5) is 57.7. The highest BCUT2D eigenvalue weighted by Crippen LogP contribution is 2.66. The molecule has 19 nitrogen and oxygen atoms in total. The Morgan fingerprint density at radius 1 is 1.26 bits per heavy atom. The number of nitrogens with zero attached hydrogens (tertiary/aromatic N) is 3. The summed E-state index contributed by atoms with van der Waals surface area (Å²) in [6.45, 7) is -2.11. The van der Waals surface area contributed by atoms with Gasteiger partial charge in [-0.15, -0.1) is 0 Å². The van der Waals surface area contributed by atoms with Crippen LogP contribution in [0.15, 0.2) is 11.1 Å². The van der Waals surface area contributed by atoms with E-state index >= 15 is 0 Å². The molecule has 0 amide bonds. The minimum Gasteiger partial charge on any atom is -0.387 e. The Bertz CT molecular complexity index is 1330. The van der Waals surface area contributed by atoms with Crippen LogP contribution in [0.2, 0.25) is 0 Å². The predicted molar refractivity (Wildman–Crippen MR) is 108 cm³/mol. The lowest BCUT2D eigenvalue weighted by Gasteiger charge is -2.31. The van der Waals surface area contributed by atoms with Crippen molar-refractivity contribution in [1.29, 1.82) is 0 Å². The quantitative estimate of drug-likeness (QED) is 0.158. The van der Waals surface area contributed by atoms with Gasteiger partial charge in [0.15, 0.2) is 23.0 Å². The molecule has 1 aliphatic rings. The smallest absolute Gasteiger partial charge is 0.387 e. The van der Waals surface area contributed by atoms with Gasteiger partial charge < -0.3 is 40.3 Å². The van der Waals surface area contributed by atoms with Crippen LogP contribution in [0.25, 0.3) is 11.2 Å². The number of halogens is 1. The van der Waals surface area contributed by atoms with E-state index < -0.39 is 65.8 Å². The summed E-state index contributed by atoms with van der Waals surface area (Å²) in [5, 5.41) is 21.5. The van der Waals surface area contributed by atoms with Gasteiger partial charge in [0.2, 0.25) is 5.95 Å². The third-order valence-electron chi connectivity index (χ3n) is 4.72. The van der Waals surface area contributed by atoms with Gasteiger partial charge in [0, 0.05) is 0 Å². The summed E-state index contributed by atoms with van der Waals surface area (Å²) in [6.07, 6.45) is -3.00. The van der Waals surface area contributed by atoms with Gasteiger partial charge in [-0.2, -0.15) is 13.6 Å². The number of H-pyrrole nitrogens is 1. The number of nitrogens with two attached hydrogens (primary N) is 1. The molecule has 3 rings (SSSR count). The van der Waals surface area contributed by atoms with Crippen LogP contribution >= 0.6 is 23.5 Å². The van der Waals surface area contributed by atoms with E-state index in [1.807, 2.05) is 0 Å². The lowest BCUT2D eigenvalue weighted by Crippen LogP contribution is -2.53. The monoisotopic (exact) mass is 569 g/mol. The van der Waals surface area contributed by atoms with Gasteiger partial charge in [0.05, 0.1) is 12.9 Å². The molecule has 0 aromatic carbocycles. The molecule has 0 radical (unpaired) electrons. The van der Waals surface area contributed by atoms with Crippen LogP contribution in [0, 0.1) is 0 Å². The first-order valence-corrected chi connectivity index (χ1v) is 13.5. The highest BCUT2D eigenvalue weighted by molar-refractivity contribution is 7.66. The first kappa shape index (κ1) is 27.9. The number of nitrogen functional groups attached to an aromatic ring is 1. The number of nitrogens with one attached hydrogen (secondary N) is 1. The molecule has 23 heteroatoms. The van der Waals surface area contributed by atoms with Crippen LogP contribution in [-0.4, -0.2) is 79.9 Å². The van der Waals surface area contributed by atoms with Gasteiger partial charge >= 0.3 is 23.5 Å².